The number of likely N-dealkylation sites (tertiary alicyclic amines) is 1. The number of piperidine rings is 1. The molecule has 1 amide bonds. The van der Waals surface area contributed by atoms with Crippen LogP contribution in [0.1, 0.15) is 39.5 Å². The number of hydrogen-bond acceptors (Lipinski definition) is 3. The minimum absolute atomic E-state index is 0.156. The second-order valence-electron chi connectivity index (χ2n) is 5.24. The number of rotatable bonds is 6. The van der Waals surface area contributed by atoms with E-state index in [9.17, 15) is 4.79 Å². The Hall–Kier alpha value is -0.610. The average molecular weight is 241 g/mol. The molecule has 1 aliphatic heterocycles. The number of hydrogen-bond donors (Lipinski definition) is 2. The van der Waals surface area contributed by atoms with E-state index in [1.54, 1.807) is 0 Å². The third kappa shape index (κ3) is 5.50. The van der Waals surface area contributed by atoms with Gasteiger partial charge in [-0.3, -0.25) is 9.69 Å². The van der Waals surface area contributed by atoms with Crippen molar-refractivity contribution in [1.29, 1.82) is 0 Å². The summed E-state index contributed by atoms with van der Waals surface area (Å²) in [6.07, 6.45) is 4.54. The van der Waals surface area contributed by atoms with E-state index in [0.717, 1.165) is 32.5 Å². The normalized spacial score (nSPS) is 23.4. The lowest BCUT2D eigenvalue weighted by atomic mass is 9.98. The third-order valence-corrected chi connectivity index (χ3v) is 3.43. The van der Waals surface area contributed by atoms with E-state index in [2.05, 4.69) is 24.1 Å². The Labute approximate surface area is 105 Å². The van der Waals surface area contributed by atoms with Crippen LogP contribution in [-0.2, 0) is 4.79 Å². The molecule has 1 saturated heterocycles. The molecule has 17 heavy (non-hydrogen) atoms. The van der Waals surface area contributed by atoms with E-state index >= 15 is 0 Å². The van der Waals surface area contributed by atoms with Crippen LogP contribution in [0.4, 0.5) is 0 Å². The number of amides is 1. The van der Waals surface area contributed by atoms with Gasteiger partial charge in [0, 0.05) is 12.6 Å². The van der Waals surface area contributed by atoms with Crippen molar-refractivity contribution in [3.05, 3.63) is 0 Å². The molecule has 1 rings (SSSR count). The first-order valence-electron chi connectivity index (χ1n) is 6.87. The maximum Gasteiger partial charge on any atom is 0.234 e. The van der Waals surface area contributed by atoms with Crippen molar-refractivity contribution < 1.29 is 4.79 Å². The minimum atomic E-state index is 0.156. The van der Waals surface area contributed by atoms with Gasteiger partial charge in [0.2, 0.25) is 5.91 Å². The van der Waals surface area contributed by atoms with Crippen LogP contribution in [0, 0.1) is 5.92 Å². The summed E-state index contributed by atoms with van der Waals surface area (Å²) in [5.74, 6) is 0.730. The van der Waals surface area contributed by atoms with Gasteiger partial charge < -0.3 is 11.1 Å². The minimum Gasteiger partial charge on any atom is -0.353 e. The maximum atomic E-state index is 11.8. The zero-order chi connectivity index (χ0) is 12.7. The van der Waals surface area contributed by atoms with E-state index in [1.165, 1.54) is 12.8 Å². The summed E-state index contributed by atoms with van der Waals surface area (Å²) < 4.78 is 0. The summed E-state index contributed by atoms with van der Waals surface area (Å²) in [5, 5.41) is 3.05. The van der Waals surface area contributed by atoms with Gasteiger partial charge in [0.1, 0.15) is 0 Å². The molecule has 0 spiro atoms. The van der Waals surface area contributed by atoms with Crippen molar-refractivity contribution in [2.45, 2.75) is 45.6 Å². The first kappa shape index (κ1) is 14.5. The highest BCUT2D eigenvalue weighted by Crippen LogP contribution is 2.14. The van der Waals surface area contributed by atoms with Crippen molar-refractivity contribution in [3.63, 3.8) is 0 Å². The van der Waals surface area contributed by atoms with Crippen molar-refractivity contribution in [3.8, 4) is 0 Å². The molecule has 1 heterocycles. The van der Waals surface area contributed by atoms with Crippen LogP contribution < -0.4 is 11.1 Å². The van der Waals surface area contributed by atoms with Gasteiger partial charge in [0.25, 0.3) is 0 Å². The molecule has 100 valence electrons. The summed E-state index contributed by atoms with van der Waals surface area (Å²) in [4.78, 5) is 14.0. The van der Waals surface area contributed by atoms with Gasteiger partial charge in [-0.2, -0.15) is 0 Å². The standard InChI is InChI=1S/C13H27N3O/c1-3-5-11(2)15-13(17)10-16-7-4-6-12(8-14)9-16/h11-12H,3-10,14H2,1-2H3,(H,15,17). The maximum absolute atomic E-state index is 11.8. The Balaban J connectivity index is 2.25. The van der Waals surface area contributed by atoms with Gasteiger partial charge in [-0.05, 0) is 45.2 Å². The Kier molecular flexibility index (Phi) is 6.52. The zero-order valence-electron chi connectivity index (χ0n) is 11.2. The molecule has 0 bridgehead atoms. The molecule has 3 N–H and O–H groups in total. The molecule has 0 saturated carbocycles. The molecule has 0 aromatic carbocycles. The fraction of sp³-hybridized carbons (Fsp3) is 0.923. The number of nitrogens with two attached hydrogens (primary N) is 1. The van der Waals surface area contributed by atoms with Crippen molar-refractivity contribution in [2.24, 2.45) is 11.7 Å². The van der Waals surface area contributed by atoms with Crippen molar-refractivity contribution in [2.75, 3.05) is 26.2 Å². The Morgan fingerprint density at radius 2 is 2.35 bits per heavy atom. The summed E-state index contributed by atoms with van der Waals surface area (Å²) in [5.41, 5.74) is 5.69. The molecule has 1 aliphatic rings. The van der Waals surface area contributed by atoms with Gasteiger partial charge in [0.05, 0.1) is 6.54 Å². The molecule has 0 aromatic rings. The second-order valence-corrected chi connectivity index (χ2v) is 5.24. The topological polar surface area (TPSA) is 58.4 Å². The van der Waals surface area contributed by atoms with Gasteiger partial charge in [0.15, 0.2) is 0 Å². The molecule has 0 aromatic heterocycles. The largest absolute Gasteiger partial charge is 0.353 e. The summed E-state index contributed by atoms with van der Waals surface area (Å²) in [7, 11) is 0. The van der Waals surface area contributed by atoms with E-state index in [-0.39, 0.29) is 5.91 Å². The lowest BCUT2D eigenvalue weighted by Crippen LogP contribution is -2.45. The zero-order valence-corrected chi connectivity index (χ0v) is 11.2. The molecular weight excluding hydrogens is 214 g/mol. The number of carbonyl (C=O) groups excluding carboxylic acids is 1. The number of carbonyl (C=O) groups is 1. The first-order valence-corrected chi connectivity index (χ1v) is 6.87. The van der Waals surface area contributed by atoms with Crippen LogP contribution in [0.15, 0.2) is 0 Å². The highest BCUT2D eigenvalue weighted by molar-refractivity contribution is 5.78. The molecule has 4 nitrogen and oxygen atoms in total. The lowest BCUT2D eigenvalue weighted by Gasteiger charge is -2.31. The van der Waals surface area contributed by atoms with Gasteiger partial charge in [-0.25, -0.2) is 0 Å². The van der Waals surface area contributed by atoms with Gasteiger partial charge >= 0.3 is 0 Å². The lowest BCUT2D eigenvalue weighted by molar-refractivity contribution is -0.123. The molecule has 4 heteroatoms. The number of nitrogens with one attached hydrogen (secondary N) is 1. The van der Waals surface area contributed by atoms with Crippen LogP contribution in [0.25, 0.3) is 0 Å². The van der Waals surface area contributed by atoms with Crippen LogP contribution in [0.5, 0.6) is 0 Å². The quantitative estimate of drug-likeness (QED) is 0.728. The summed E-state index contributed by atoms with van der Waals surface area (Å²) in [6.45, 7) is 7.49. The highest BCUT2D eigenvalue weighted by atomic mass is 16.2. The van der Waals surface area contributed by atoms with E-state index in [0.29, 0.717) is 18.5 Å². The van der Waals surface area contributed by atoms with Crippen molar-refractivity contribution in [1.82, 2.24) is 10.2 Å². The fourth-order valence-corrected chi connectivity index (χ4v) is 2.52. The van der Waals surface area contributed by atoms with Gasteiger partial charge in [-0.1, -0.05) is 13.3 Å². The van der Waals surface area contributed by atoms with Gasteiger partial charge in [-0.15, -0.1) is 0 Å². The molecule has 1 fully saturated rings. The Morgan fingerprint density at radius 1 is 1.59 bits per heavy atom. The SMILES string of the molecule is CCCC(C)NC(=O)CN1CCCC(CN)C1. The van der Waals surface area contributed by atoms with Crippen LogP contribution in [0.2, 0.25) is 0 Å². The summed E-state index contributed by atoms with van der Waals surface area (Å²) >= 11 is 0. The van der Waals surface area contributed by atoms with Crippen LogP contribution in [0.3, 0.4) is 0 Å². The molecular formula is C13H27N3O. The van der Waals surface area contributed by atoms with E-state index in [1.807, 2.05) is 0 Å². The monoisotopic (exact) mass is 241 g/mol. The van der Waals surface area contributed by atoms with Crippen LogP contribution in [-0.4, -0.2) is 43.0 Å². The predicted molar refractivity (Wildman–Crippen MR) is 70.7 cm³/mol. The second kappa shape index (κ2) is 7.67. The predicted octanol–water partition coefficient (Wildman–Crippen LogP) is 0.962. The molecule has 2 unspecified atom stereocenters. The van der Waals surface area contributed by atoms with E-state index < -0.39 is 0 Å². The van der Waals surface area contributed by atoms with Crippen LogP contribution >= 0.6 is 0 Å². The third-order valence-electron chi connectivity index (χ3n) is 3.43. The highest BCUT2D eigenvalue weighted by Gasteiger charge is 2.20. The molecule has 0 radical (unpaired) electrons. The fourth-order valence-electron chi connectivity index (χ4n) is 2.52. The summed E-state index contributed by atoms with van der Waals surface area (Å²) in [6, 6.07) is 0.294. The molecule has 0 aliphatic carbocycles. The van der Waals surface area contributed by atoms with Crippen molar-refractivity contribution >= 4 is 5.91 Å². The Morgan fingerprint density at radius 3 is 3.00 bits per heavy atom. The smallest absolute Gasteiger partial charge is 0.234 e. The molecule has 2 atom stereocenters. The van der Waals surface area contributed by atoms with E-state index in [4.69, 9.17) is 5.73 Å². The Bertz CT molecular complexity index is 233. The number of nitrogens with zero attached hydrogens (tertiary/aromatic N) is 1. The average Bonchev–Trinajstić information content (AvgIpc) is 2.29. The first-order chi connectivity index (χ1) is 8.15.